The van der Waals surface area contributed by atoms with Gasteiger partial charge in [-0.3, -0.25) is 14.7 Å². The quantitative estimate of drug-likeness (QED) is 0.725. The third kappa shape index (κ3) is 3.70. The van der Waals surface area contributed by atoms with Crippen LogP contribution in [0.1, 0.15) is 56.0 Å². The lowest BCUT2D eigenvalue weighted by atomic mass is 9.99. The summed E-state index contributed by atoms with van der Waals surface area (Å²) >= 11 is 0. The van der Waals surface area contributed by atoms with E-state index in [0.29, 0.717) is 19.4 Å². The van der Waals surface area contributed by atoms with Crippen molar-refractivity contribution in [3.8, 4) is 0 Å². The van der Waals surface area contributed by atoms with E-state index in [1.165, 1.54) is 0 Å². The minimum atomic E-state index is -0.584. The van der Waals surface area contributed by atoms with Gasteiger partial charge in [0.05, 0.1) is 12.2 Å². The van der Waals surface area contributed by atoms with Gasteiger partial charge in [-0.25, -0.2) is 4.79 Å². The zero-order valence-corrected chi connectivity index (χ0v) is 16.5. The summed E-state index contributed by atoms with van der Waals surface area (Å²) in [7, 11) is 0. The van der Waals surface area contributed by atoms with Crippen LogP contribution in [-0.2, 0) is 22.5 Å². The third-order valence-corrected chi connectivity index (χ3v) is 5.01. The van der Waals surface area contributed by atoms with Crippen molar-refractivity contribution < 1.29 is 14.3 Å². The Hall–Kier alpha value is -2.95. The molecule has 0 atom stereocenters. The van der Waals surface area contributed by atoms with E-state index in [1.807, 2.05) is 51.1 Å². The van der Waals surface area contributed by atoms with Crippen molar-refractivity contribution in [1.82, 2.24) is 4.98 Å². The van der Waals surface area contributed by atoms with Gasteiger partial charge in [0.25, 0.3) is 0 Å². The highest BCUT2D eigenvalue weighted by Crippen LogP contribution is 2.35. The van der Waals surface area contributed by atoms with Crippen molar-refractivity contribution in [3.05, 3.63) is 65.0 Å². The molecule has 0 N–H and O–H groups in total. The Labute approximate surface area is 165 Å². The first kappa shape index (κ1) is 18.4. The Morgan fingerprint density at radius 3 is 2.68 bits per heavy atom. The first-order valence-corrected chi connectivity index (χ1v) is 9.60. The Balaban J connectivity index is 1.79. The van der Waals surface area contributed by atoms with Gasteiger partial charge < -0.3 is 4.74 Å². The largest absolute Gasteiger partial charge is 0.443 e. The van der Waals surface area contributed by atoms with Crippen molar-refractivity contribution in [2.45, 2.75) is 52.2 Å². The fourth-order valence-corrected chi connectivity index (χ4v) is 3.68. The zero-order chi connectivity index (χ0) is 19.9. The lowest BCUT2D eigenvalue weighted by Gasteiger charge is -2.28. The van der Waals surface area contributed by atoms with Crippen LogP contribution >= 0.6 is 0 Å². The molecule has 2 aliphatic rings. The van der Waals surface area contributed by atoms with Crippen LogP contribution in [0.3, 0.4) is 0 Å². The number of ether oxygens (including phenoxy) is 1. The molecule has 5 nitrogen and oxygen atoms in total. The molecule has 1 aromatic heterocycles. The number of carbonyl (C=O) groups excluding carboxylic acids is 2. The van der Waals surface area contributed by atoms with E-state index in [4.69, 9.17) is 4.74 Å². The molecule has 0 saturated heterocycles. The van der Waals surface area contributed by atoms with Crippen molar-refractivity contribution in [1.29, 1.82) is 0 Å². The molecule has 2 heterocycles. The molecule has 0 radical (unpaired) electrons. The second-order valence-corrected chi connectivity index (χ2v) is 8.33. The van der Waals surface area contributed by atoms with E-state index < -0.39 is 5.60 Å². The number of fused-ring (bicyclic) bond motifs is 2. The van der Waals surface area contributed by atoms with Crippen molar-refractivity contribution >= 4 is 23.1 Å². The molecule has 1 aromatic carbocycles. The van der Waals surface area contributed by atoms with Crippen LogP contribution in [0.15, 0.2) is 42.6 Å². The second-order valence-electron chi connectivity index (χ2n) is 8.33. The van der Waals surface area contributed by atoms with E-state index in [1.54, 1.807) is 17.2 Å². The molecule has 1 aliphatic heterocycles. The highest BCUT2D eigenvalue weighted by atomic mass is 16.6. The summed E-state index contributed by atoms with van der Waals surface area (Å²) in [4.78, 5) is 30.9. The molecule has 4 rings (SSSR count). The Bertz CT molecular complexity index is 986. The number of pyridine rings is 1. The summed E-state index contributed by atoms with van der Waals surface area (Å²) < 4.78 is 5.68. The molecular weight excluding hydrogens is 352 g/mol. The molecule has 2 aromatic rings. The van der Waals surface area contributed by atoms with Crippen molar-refractivity contribution in [2.75, 3.05) is 4.90 Å². The number of carbonyl (C=O) groups is 2. The summed E-state index contributed by atoms with van der Waals surface area (Å²) in [6.07, 6.45) is 5.07. The number of hydrogen-bond donors (Lipinski definition) is 0. The van der Waals surface area contributed by atoms with Crippen LogP contribution in [0.2, 0.25) is 0 Å². The maximum Gasteiger partial charge on any atom is 0.415 e. The molecule has 0 fully saturated rings. The zero-order valence-electron chi connectivity index (χ0n) is 16.5. The number of hydrogen-bond acceptors (Lipinski definition) is 4. The highest BCUT2D eigenvalue weighted by Gasteiger charge is 2.29. The smallest absolute Gasteiger partial charge is 0.415 e. The number of allylic oxidation sites excluding steroid dienone is 2. The minimum Gasteiger partial charge on any atom is -0.443 e. The lowest BCUT2D eigenvalue weighted by Crippen LogP contribution is -2.36. The van der Waals surface area contributed by atoms with Crippen molar-refractivity contribution in [3.63, 3.8) is 0 Å². The lowest BCUT2D eigenvalue weighted by molar-refractivity contribution is -0.114. The molecule has 28 heavy (non-hydrogen) atoms. The Morgan fingerprint density at radius 1 is 1.14 bits per heavy atom. The minimum absolute atomic E-state index is 0.158. The van der Waals surface area contributed by atoms with Crippen LogP contribution in [0, 0.1) is 0 Å². The van der Waals surface area contributed by atoms with Gasteiger partial charge in [0, 0.05) is 24.7 Å². The summed E-state index contributed by atoms with van der Waals surface area (Å²) in [6.45, 7) is 6.01. The SMILES string of the molecule is CC(C)(C)OC(=O)N1Cc2cccnc2Cc2ccc(C3=CC(=O)CC3)cc21. The van der Waals surface area contributed by atoms with E-state index in [-0.39, 0.29) is 11.9 Å². The molecule has 0 unspecified atom stereocenters. The van der Waals surface area contributed by atoms with Gasteiger partial charge in [0.15, 0.2) is 5.78 Å². The fraction of sp³-hybridized carbons (Fsp3) is 0.348. The molecule has 0 spiro atoms. The predicted molar refractivity (Wildman–Crippen MR) is 108 cm³/mol. The van der Waals surface area contributed by atoms with Gasteiger partial charge >= 0.3 is 6.09 Å². The number of amides is 1. The van der Waals surface area contributed by atoms with Gasteiger partial charge in [-0.05, 0) is 67.7 Å². The summed E-state index contributed by atoms with van der Waals surface area (Å²) in [5.74, 6) is 0.158. The molecule has 144 valence electrons. The first-order chi connectivity index (χ1) is 13.3. The van der Waals surface area contributed by atoms with E-state index in [0.717, 1.165) is 40.1 Å². The maximum absolute atomic E-state index is 13.0. The summed E-state index contributed by atoms with van der Waals surface area (Å²) in [5.41, 5.74) is 5.26. The molecule has 1 amide bonds. The normalized spacial score (nSPS) is 16.2. The molecule has 0 bridgehead atoms. The standard InChI is InChI=1S/C23H24N2O3/c1-23(2,3)28-22(27)25-14-18-5-4-10-24-20(18)12-17-7-6-16(13-21(17)25)15-8-9-19(26)11-15/h4-7,10-11,13H,8-9,12,14H2,1-3H3. The molecule has 1 aliphatic carbocycles. The van der Waals surface area contributed by atoms with Crippen molar-refractivity contribution in [2.24, 2.45) is 0 Å². The number of benzene rings is 1. The van der Waals surface area contributed by atoms with E-state index in [9.17, 15) is 9.59 Å². The highest BCUT2D eigenvalue weighted by molar-refractivity contribution is 6.02. The Kier molecular flexibility index (Phi) is 4.53. The monoisotopic (exact) mass is 376 g/mol. The van der Waals surface area contributed by atoms with Gasteiger partial charge in [-0.15, -0.1) is 0 Å². The van der Waals surface area contributed by atoms with Crippen LogP contribution in [0.5, 0.6) is 0 Å². The number of aromatic nitrogens is 1. The van der Waals surface area contributed by atoms with E-state index >= 15 is 0 Å². The van der Waals surface area contributed by atoms with Gasteiger partial charge in [-0.1, -0.05) is 18.2 Å². The number of nitrogens with zero attached hydrogens (tertiary/aromatic N) is 2. The molecule has 0 saturated carbocycles. The van der Waals surface area contributed by atoms with E-state index in [2.05, 4.69) is 4.98 Å². The fourth-order valence-electron chi connectivity index (χ4n) is 3.68. The van der Waals surface area contributed by atoms with Crippen LogP contribution in [0.25, 0.3) is 5.57 Å². The second kappa shape index (κ2) is 6.89. The van der Waals surface area contributed by atoms with Crippen LogP contribution in [-0.4, -0.2) is 22.5 Å². The number of rotatable bonds is 1. The topological polar surface area (TPSA) is 59.5 Å². The predicted octanol–water partition coefficient (Wildman–Crippen LogP) is 4.67. The first-order valence-electron chi connectivity index (χ1n) is 9.60. The molecular formula is C23H24N2O3. The Morgan fingerprint density at radius 2 is 1.96 bits per heavy atom. The number of anilines is 1. The third-order valence-electron chi connectivity index (χ3n) is 5.01. The maximum atomic E-state index is 13.0. The average molecular weight is 376 g/mol. The molecule has 5 heteroatoms. The van der Waals surface area contributed by atoms with Gasteiger partial charge in [0.2, 0.25) is 0 Å². The van der Waals surface area contributed by atoms with Gasteiger partial charge in [0.1, 0.15) is 5.60 Å². The summed E-state index contributed by atoms with van der Waals surface area (Å²) in [5, 5.41) is 0. The average Bonchev–Trinajstić information content (AvgIpc) is 2.98. The summed E-state index contributed by atoms with van der Waals surface area (Å²) in [6, 6.07) is 9.97. The number of ketones is 1. The van der Waals surface area contributed by atoms with Crippen LogP contribution in [0.4, 0.5) is 10.5 Å². The van der Waals surface area contributed by atoms with Crippen LogP contribution < -0.4 is 4.90 Å². The van der Waals surface area contributed by atoms with Gasteiger partial charge in [-0.2, -0.15) is 0 Å².